The molecule has 0 spiro atoms. The molecule has 1 aromatic carbocycles. The van der Waals surface area contributed by atoms with Gasteiger partial charge in [0, 0.05) is 25.8 Å². The predicted octanol–water partition coefficient (Wildman–Crippen LogP) is 4.22. The zero-order valence-electron chi connectivity index (χ0n) is 19.0. The van der Waals surface area contributed by atoms with Gasteiger partial charge in [-0.1, -0.05) is 35.3 Å². The van der Waals surface area contributed by atoms with Crippen LogP contribution in [0.2, 0.25) is 10.0 Å². The lowest BCUT2D eigenvalue weighted by Crippen LogP contribution is -2.40. The molecule has 11 heteroatoms. The molecular formula is C24H23Cl2N7O2. The van der Waals surface area contributed by atoms with Crippen molar-refractivity contribution in [3.8, 4) is 0 Å². The smallest absolute Gasteiger partial charge is 0.278 e. The van der Waals surface area contributed by atoms with Crippen LogP contribution in [0.1, 0.15) is 40.5 Å². The Labute approximate surface area is 211 Å². The molecule has 1 aliphatic rings. The van der Waals surface area contributed by atoms with Crippen LogP contribution < -0.4 is 10.9 Å². The number of pyridine rings is 1. The van der Waals surface area contributed by atoms with Gasteiger partial charge < -0.3 is 10.2 Å². The molecule has 0 aliphatic carbocycles. The third kappa shape index (κ3) is 4.74. The van der Waals surface area contributed by atoms with Gasteiger partial charge in [-0.15, -0.1) is 0 Å². The molecule has 9 nitrogen and oxygen atoms in total. The second-order valence-corrected chi connectivity index (χ2v) is 9.35. The van der Waals surface area contributed by atoms with Gasteiger partial charge in [0.15, 0.2) is 5.52 Å². The summed E-state index contributed by atoms with van der Waals surface area (Å²) in [6, 6.07) is 9.04. The van der Waals surface area contributed by atoms with Gasteiger partial charge in [-0.3, -0.25) is 24.2 Å². The van der Waals surface area contributed by atoms with Crippen LogP contribution in [-0.2, 0) is 6.54 Å². The third-order valence-electron chi connectivity index (χ3n) is 6.21. The number of rotatable bonds is 5. The van der Waals surface area contributed by atoms with Gasteiger partial charge in [-0.25, -0.2) is 4.98 Å². The Morgan fingerprint density at radius 2 is 2.00 bits per heavy atom. The molecule has 0 radical (unpaired) electrons. The fourth-order valence-corrected chi connectivity index (χ4v) is 4.66. The summed E-state index contributed by atoms with van der Waals surface area (Å²) in [6.07, 6.45) is 4.61. The molecule has 5 rings (SSSR count). The van der Waals surface area contributed by atoms with E-state index in [-0.39, 0.29) is 17.5 Å². The Balaban J connectivity index is 1.28. The average Bonchev–Trinajstić information content (AvgIpc) is 3.29. The number of hydrogen-bond donors (Lipinski definition) is 2. The molecule has 3 aromatic heterocycles. The van der Waals surface area contributed by atoms with E-state index >= 15 is 0 Å². The first-order valence-corrected chi connectivity index (χ1v) is 12.0. The van der Waals surface area contributed by atoms with Gasteiger partial charge in [0.1, 0.15) is 11.2 Å². The Kier molecular flexibility index (Phi) is 6.44. The van der Waals surface area contributed by atoms with Crippen molar-refractivity contribution in [2.24, 2.45) is 0 Å². The zero-order chi connectivity index (χ0) is 24.5. The number of halogens is 2. The standard InChI is InChI=1S/C24H23Cl2N7O2/c1-14-3-2-8-27-20(14)23(35)32-9-6-16(7-10-32)33-21-19(13-29-33)30-24(31-22(21)34)28-12-15-4-5-17(25)18(26)11-15/h2-5,8,11,13,16H,6-7,9-10,12H2,1H3,(H2,28,30,31,34). The second kappa shape index (κ2) is 9.67. The van der Waals surface area contributed by atoms with Crippen LogP contribution in [0, 0.1) is 6.92 Å². The lowest BCUT2D eigenvalue weighted by atomic mass is 10.0. The molecule has 0 bridgehead atoms. The number of piperidine rings is 1. The van der Waals surface area contributed by atoms with Crippen molar-refractivity contribution < 1.29 is 4.79 Å². The van der Waals surface area contributed by atoms with Crippen molar-refractivity contribution in [1.29, 1.82) is 0 Å². The van der Waals surface area contributed by atoms with Crippen LogP contribution in [-0.4, -0.2) is 48.6 Å². The SMILES string of the molecule is Cc1cccnc1C(=O)N1CCC(n2ncc3nc(NCc4ccc(Cl)c(Cl)c4)[nH]c(=O)c32)CC1. The number of nitrogens with one attached hydrogen (secondary N) is 2. The minimum absolute atomic E-state index is 0.000650. The molecule has 180 valence electrons. The normalized spacial score (nSPS) is 14.4. The number of aryl methyl sites for hydroxylation is 1. The number of aromatic amines is 1. The number of amides is 1. The number of nitrogens with zero attached hydrogens (tertiary/aromatic N) is 5. The van der Waals surface area contributed by atoms with Crippen molar-refractivity contribution in [2.75, 3.05) is 18.4 Å². The molecular weight excluding hydrogens is 489 g/mol. The second-order valence-electron chi connectivity index (χ2n) is 8.53. The molecule has 2 N–H and O–H groups in total. The third-order valence-corrected chi connectivity index (χ3v) is 6.95. The maximum Gasteiger partial charge on any atom is 0.278 e. The molecule has 1 fully saturated rings. The van der Waals surface area contributed by atoms with E-state index in [0.717, 1.165) is 11.1 Å². The van der Waals surface area contributed by atoms with Gasteiger partial charge in [0.2, 0.25) is 5.95 Å². The first-order chi connectivity index (χ1) is 16.9. The van der Waals surface area contributed by atoms with Crippen LogP contribution >= 0.6 is 23.2 Å². The molecule has 35 heavy (non-hydrogen) atoms. The van der Waals surface area contributed by atoms with Crippen LogP contribution in [0.3, 0.4) is 0 Å². The highest BCUT2D eigenvalue weighted by molar-refractivity contribution is 6.42. The summed E-state index contributed by atoms with van der Waals surface area (Å²) < 4.78 is 1.73. The van der Waals surface area contributed by atoms with Crippen molar-refractivity contribution in [3.63, 3.8) is 0 Å². The maximum atomic E-state index is 12.9. The number of carbonyl (C=O) groups excluding carboxylic acids is 1. The van der Waals surface area contributed by atoms with E-state index in [1.54, 1.807) is 29.2 Å². The number of H-pyrrole nitrogens is 1. The summed E-state index contributed by atoms with van der Waals surface area (Å²) in [5.74, 6) is 0.281. The Morgan fingerprint density at radius 3 is 2.74 bits per heavy atom. The van der Waals surface area contributed by atoms with E-state index in [2.05, 4.69) is 25.4 Å². The van der Waals surface area contributed by atoms with Crippen LogP contribution in [0.15, 0.2) is 47.5 Å². The number of anilines is 1. The number of likely N-dealkylation sites (tertiary alicyclic amines) is 1. The van der Waals surface area contributed by atoms with E-state index < -0.39 is 0 Å². The highest BCUT2D eigenvalue weighted by Crippen LogP contribution is 2.26. The van der Waals surface area contributed by atoms with E-state index in [1.807, 2.05) is 30.0 Å². The molecule has 1 saturated heterocycles. The zero-order valence-corrected chi connectivity index (χ0v) is 20.5. The average molecular weight is 512 g/mol. The van der Waals surface area contributed by atoms with Gasteiger partial charge in [-0.05, 0) is 49.1 Å². The Morgan fingerprint density at radius 1 is 1.20 bits per heavy atom. The molecule has 0 saturated carbocycles. The Bertz CT molecular complexity index is 1460. The van der Waals surface area contributed by atoms with Gasteiger partial charge in [0.25, 0.3) is 11.5 Å². The number of fused-ring (bicyclic) bond motifs is 1. The van der Waals surface area contributed by atoms with Gasteiger partial charge in [0.05, 0.1) is 22.3 Å². The highest BCUT2D eigenvalue weighted by atomic mass is 35.5. The summed E-state index contributed by atoms with van der Waals surface area (Å²) in [7, 11) is 0. The minimum Gasteiger partial charge on any atom is -0.352 e. The predicted molar refractivity (Wildman–Crippen MR) is 135 cm³/mol. The van der Waals surface area contributed by atoms with Crippen molar-refractivity contribution in [3.05, 3.63) is 79.9 Å². The summed E-state index contributed by atoms with van der Waals surface area (Å²) >= 11 is 12.0. The van der Waals surface area contributed by atoms with Gasteiger partial charge >= 0.3 is 0 Å². The van der Waals surface area contributed by atoms with E-state index in [0.29, 0.717) is 65.2 Å². The van der Waals surface area contributed by atoms with E-state index in [9.17, 15) is 9.59 Å². The van der Waals surface area contributed by atoms with Crippen LogP contribution in [0.4, 0.5) is 5.95 Å². The van der Waals surface area contributed by atoms with E-state index in [4.69, 9.17) is 23.2 Å². The largest absolute Gasteiger partial charge is 0.352 e. The van der Waals surface area contributed by atoms with Crippen molar-refractivity contribution in [1.82, 2.24) is 29.6 Å². The molecule has 1 amide bonds. The quantitative estimate of drug-likeness (QED) is 0.415. The molecule has 0 atom stereocenters. The molecule has 0 unspecified atom stereocenters. The van der Waals surface area contributed by atoms with Crippen molar-refractivity contribution in [2.45, 2.75) is 32.4 Å². The monoisotopic (exact) mass is 511 g/mol. The number of benzene rings is 1. The fourth-order valence-electron chi connectivity index (χ4n) is 4.34. The molecule has 4 heterocycles. The summed E-state index contributed by atoms with van der Waals surface area (Å²) in [5.41, 5.74) is 2.91. The summed E-state index contributed by atoms with van der Waals surface area (Å²) in [6.45, 7) is 3.43. The topological polar surface area (TPSA) is 109 Å². The fraction of sp³-hybridized carbons (Fsp3) is 0.292. The first kappa shape index (κ1) is 23.3. The molecule has 4 aromatic rings. The number of aromatic nitrogens is 5. The van der Waals surface area contributed by atoms with Crippen molar-refractivity contribution >= 4 is 46.1 Å². The van der Waals surface area contributed by atoms with Gasteiger partial charge in [-0.2, -0.15) is 5.10 Å². The lowest BCUT2D eigenvalue weighted by molar-refractivity contribution is 0.0685. The van der Waals surface area contributed by atoms with Crippen LogP contribution in [0.5, 0.6) is 0 Å². The van der Waals surface area contributed by atoms with Crippen LogP contribution in [0.25, 0.3) is 11.0 Å². The Hall–Kier alpha value is -3.43. The van der Waals surface area contributed by atoms with E-state index in [1.165, 1.54) is 0 Å². The molecule has 1 aliphatic heterocycles. The first-order valence-electron chi connectivity index (χ1n) is 11.3. The number of carbonyl (C=O) groups is 1. The lowest BCUT2D eigenvalue weighted by Gasteiger charge is -2.32. The summed E-state index contributed by atoms with van der Waals surface area (Å²) in [5, 5.41) is 8.52. The maximum absolute atomic E-state index is 12.9. The minimum atomic E-state index is -0.272. The highest BCUT2D eigenvalue weighted by Gasteiger charge is 2.28. The summed E-state index contributed by atoms with van der Waals surface area (Å²) in [4.78, 5) is 39.2. The number of hydrogen-bond acceptors (Lipinski definition) is 6.